The maximum atomic E-state index is 11.4. The summed E-state index contributed by atoms with van der Waals surface area (Å²) in [6, 6.07) is 16.1. The highest BCUT2D eigenvalue weighted by atomic mass is 32.2. The van der Waals surface area contributed by atoms with Gasteiger partial charge in [0.05, 0.1) is 5.69 Å². The molecule has 0 bridgehead atoms. The summed E-state index contributed by atoms with van der Waals surface area (Å²) in [4.78, 5) is 15.9. The second-order valence-electron chi connectivity index (χ2n) is 4.31. The molecule has 2 nitrogen and oxygen atoms in total. The van der Waals surface area contributed by atoms with E-state index < -0.39 is 0 Å². The van der Waals surface area contributed by atoms with Crippen molar-refractivity contribution in [1.29, 1.82) is 0 Å². The van der Waals surface area contributed by atoms with Gasteiger partial charge in [0.15, 0.2) is 6.29 Å². The van der Waals surface area contributed by atoms with E-state index in [0.717, 1.165) is 34.0 Å². The Morgan fingerprint density at radius 3 is 2.47 bits per heavy atom. The fourth-order valence-electron chi connectivity index (χ4n) is 2.27. The number of hydrogen-bond acceptors (Lipinski definition) is 2. The predicted octanol–water partition coefficient (Wildman–Crippen LogP) is 4.37. The van der Waals surface area contributed by atoms with Crippen LogP contribution in [0.2, 0.25) is 0 Å². The molecule has 0 aliphatic heterocycles. The van der Waals surface area contributed by atoms with Crippen molar-refractivity contribution in [3.8, 4) is 11.3 Å². The Bertz CT molecular complexity index is 728. The molecule has 3 heteroatoms. The molecule has 3 rings (SSSR count). The van der Waals surface area contributed by atoms with E-state index in [0.29, 0.717) is 0 Å². The van der Waals surface area contributed by atoms with E-state index in [1.165, 1.54) is 4.90 Å². The van der Waals surface area contributed by atoms with Crippen molar-refractivity contribution in [2.75, 3.05) is 6.26 Å². The van der Waals surface area contributed by atoms with Gasteiger partial charge in [0.25, 0.3) is 0 Å². The Labute approximate surface area is 115 Å². The number of aromatic amines is 1. The minimum absolute atomic E-state index is 0.729. The fourth-order valence-corrected chi connectivity index (χ4v) is 2.68. The number of aldehydes is 1. The Kier molecular flexibility index (Phi) is 3.13. The van der Waals surface area contributed by atoms with E-state index in [2.05, 4.69) is 23.4 Å². The number of hydrogen-bond donors (Lipinski definition) is 1. The Morgan fingerprint density at radius 1 is 1.05 bits per heavy atom. The first-order chi connectivity index (χ1) is 9.33. The first-order valence-electron chi connectivity index (χ1n) is 6.04. The van der Waals surface area contributed by atoms with Crippen molar-refractivity contribution < 1.29 is 4.79 Å². The van der Waals surface area contributed by atoms with Gasteiger partial charge in [-0.25, -0.2) is 0 Å². The van der Waals surface area contributed by atoms with Gasteiger partial charge in [-0.3, -0.25) is 4.79 Å². The summed E-state index contributed by atoms with van der Waals surface area (Å²) in [6.07, 6.45) is 2.98. The molecule has 0 spiro atoms. The van der Waals surface area contributed by atoms with Crippen LogP contribution in [-0.2, 0) is 0 Å². The van der Waals surface area contributed by atoms with Crippen molar-refractivity contribution in [3.05, 3.63) is 54.1 Å². The van der Waals surface area contributed by atoms with Crippen LogP contribution in [0.15, 0.2) is 53.4 Å². The lowest BCUT2D eigenvalue weighted by Gasteiger charge is -2.01. The SMILES string of the molecule is CSc1ccc(-c2[nH]c3ccccc3c2C=O)cc1. The van der Waals surface area contributed by atoms with Crippen LogP contribution in [0.1, 0.15) is 10.4 Å². The number of aromatic nitrogens is 1. The number of carbonyl (C=O) groups is 1. The summed E-state index contributed by atoms with van der Waals surface area (Å²) in [7, 11) is 0. The lowest BCUT2D eigenvalue weighted by molar-refractivity contribution is 0.112. The highest BCUT2D eigenvalue weighted by Gasteiger charge is 2.11. The molecule has 0 amide bonds. The predicted molar refractivity (Wildman–Crippen MR) is 80.9 cm³/mol. The summed E-state index contributed by atoms with van der Waals surface area (Å²) in [6.45, 7) is 0. The zero-order chi connectivity index (χ0) is 13.2. The Morgan fingerprint density at radius 2 is 1.79 bits per heavy atom. The molecule has 0 saturated carbocycles. The van der Waals surface area contributed by atoms with Gasteiger partial charge < -0.3 is 4.98 Å². The maximum absolute atomic E-state index is 11.4. The lowest BCUT2D eigenvalue weighted by atomic mass is 10.1. The molecule has 0 atom stereocenters. The summed E-state index contributed by atoms with van der Waals surface area (Å²) in [5, 5.41) is 0.974. The molecular formula is C16H13NOS. The minimum Gasteiger partial charge on any atom is -0.354 e. The molecule has 0 saturated heterocycles. The van der Waals surface area contributed by atoms with E-state index in [4.69, 9.17) is 0 Å². The van der Waals surface area contributed by atoms with Crippen LogP contribution in [0.4, 0.5) is 0 Å². The molecule has 94 valence electrons. The largest absolute Gasteiger partial charge is 0.354 e. The van der Waals surface area contributed by atoms with Crippen LogP contribution < -0.4 is 0 Å². The van der Waals surface area contributed by atoms with Crippen molar-refractivity contribution in [1.82, 2.24) is 4.98 Å². The molecule has 1 N–H and O–H groups in total. The number of para-hydroxylation sites is 1. The smallest absolute Gasteiger partial charge is 0.152 e. The maximum Gasteiger partial charge on any atom is 0.152 e. The minimum atomic E-state index is 0.729. The van der Waals surface area contributed by atoms with Crippen LogP contribution in [0.3, 0.4) is 0 Å². The van der Waals surface area contributed by atoms with Gasteiger partial charge in [-0.15, -0.1) is 11.8 Å². The van der Waals surface area contributed by atoms with E-state index >= 15 is 0 Å². The molecular weight excluding hydrogens is 254 g/mol. The molecule has 1 aromatic heterocycles. The van der Waals surface area contributed by atoms with Gasteiger partial charge in [-0.2, -0.15) is 0 Å². The molecule has 0 aliphatic carbocycles. The first kappa shape index (κ1) is 12.1. The summed E-state index contributed by atoms with van der Waals surface area (Å²) in [5.74, 6) is 0. The average Bonchev–Trinajstić information content (AvgIpc) is 2.85. The van der Waals surface area contributed by atoms with Crippen molar-refractivity contribution in [2.24, 2.45) is 0 Å². The standard InChI is InChI=1S/C16H13NOS/c1-19-12-8-6-11(7-9-12)16-14(10-18)13-4-2-3-5-15(13)17-16/h2-10,17H,1H3. The van der Waals surface area contributed by atoms with E-state index in [1.54, 1.807) is 11.8 Å². The number of thioether (sulfide) groups is 1. The summed E-state index contributed by atoms with van der Waals surface area (Å²) >= 11 is 1.71. The third kappa shape index (κ3) is 2.06. The zero-order valence-electron chi connectivity index (χ0n) is 10.5. The quantitative estimate of drug-likeness (QED) is 0.564. The van der Waals surface area contributed by atoms with E-state index in [9.17, 15) is 4.79 Å². The summed E-state index contributed by atoms with van der Waals surface area (Å²) < 4.78 is 0. The number of carbonyl (C=O) groups excluding carboxylic acids is 1. The average molecular weight is 267 g/mol. The second-order valence-corrected chi connectivity index (χ2v) is 5.19. The number of fused-ring (bicyclic) bond motifs is 1. The van der Waals surface area contributed by atoms with Gasteiger partial charge >= 0.3 is 0 Å². The highest BCUT2D eigenvalue weighted by molar-refractivity contribution is 7.98. The van der Waals surface area contributed by atoms with Crippen molar-refractivity contribution >= 4 is 29.0 Å². The van der Waals surface area contributed by atoms with E-state index in [-0.39, 0.29) is 0 Å². The zero-order valence-corrected chi connectivity index (χ0v) is 11.3. The van der Waals surface area contributed by atoms with Gasteiger partial charge in [0.2, 0.25) is 0 Å². The van der Waals surface area contributed by atoms with Crippen LogP contribution in [0.25, 0.3) is 22.2 Å². The molecule has 0 fully saturated rings. The monoisotopic (exact) mass is 267 g/mol. The highest BCUT2D eigenvalue weighted by Crippen LogP contribution is 2.30. The molecule has 2 aromatic carbocycles. The van der Waals surface area contributed by atoms with Gasteiger partial charge in [0, 0.05) is 21.4 Å². The molecule has 3 aromatic rings. The van der Waals surface area contributed by atoms with Crippen molar-refractivity contribution in [3.63, 3.8) is 0 Å². The summed E-state index contributed by atoms with van der Waals surface area (Å²) in [5.41, 5.74) is 3.65. The number of nitrogens with one attached hydrogen (secondary N) is 1. The second kappa shape index (κ2) is 4.94. The topological polar surface area (TPSA) is 32.9 Å². The molecule has 0 aliphatic rings. The third-order valence-electron chi connectivity index (χ3n) is 3.24. The molecule has 19 heavy (non-hydrogen) atoms. The van der Waals surface area contributed by atoms with Gasteiger partial charge in [0.1, 0.15) is 0 Å². The normalized spacial score (nSPS) is 10.8. The van der Waals surface area contributed by atoms with Crippen LogP contribution in [0.5, 0.6) is 0 Å². The van der Waals surface area contributed by atoms with Crippen LogP contribution >= 0.6 is 11.8 Å². The molecule has 1 heterocycles. The third-order valence-corrected chi connectivity index (χ3v) is 3.99. The number of H-pyrrole nitrogens is 1. The van der Waals surface area contributed by atoms with Gasteiger partial charge in [-0.05, 0) is 30.0 Å². The van der Waals surface area contributed by atoms with Gasteiger partial charge in [-0.1, -0.05) is 30.3 Å². The molecule has 0 radical (unpaired) electrons. The first-order valence-corrected chi connectivity index (χ1v) is 7.26. The van der Waals surface area contributed by atoms with Crippen LogP contribution in [0, 0.1) is 0 Å². The van der Waals surface area contributed by atoms with Crippen LogP contribution in [-0.4, -0.2) is 17.5 Å². The Balaban J connectivity index is 2.20. The van der Waals surface area contributed by atoms with E-state index in [1.807, 2.05) is 36.4 Å². The molecule has 0 unspecified atom stereocenters. The fraction of sp³-hybridized carbons (Fsp3) is 0.0625. The number of benzene rings is 2. The lowest BCUT2D eigenvalue weighted by Crippen LogP contribution is -1.84. The van der Waals surface area contributed by atoms with Crippen molar-refractivity contribution in [2.45, 2.75) is 4.90 Å². The number of rotatable bonds is 3. The Hall–Kier alpha value is -2.00.